The first-order valence-corrected chi connectivity index (χ1v) is 7.48. The second kappa shape index (κ2) is 7.57. The van der Waals surface area contributed by atoms with E-state index in [2.05, 4.69) is 19.2 Å². The molecular formula is C17H27NO3. The van der Waals surface area contributed by atoms with Crippen LogP contribution in [0.25, 0.3) is 0 Å². The van der Waals surface area contributed by atoms with Crippen LogP contribution < -0.4 is 5.32 Å². The molecule has 2 unspecified atom stereocenters. The molecule has 4 heteroatoms. The zero-order valence-electron chi connectivity index (χ0n) is 13.6. The van der Waals surface area contributed by atoms with E-state index < -0.39 is 11.5 Å². The summed E-state index contributed by atoms with van der Waals surface area (Å²) in [5, 5.41) is 13.0. The van der Waals surface area contributed by atoms with Crippen molar-refractivity contribution in [2.24, 2.45) is 5.92 Å². The summed E-state index contributed by atoms with van der Waals surface area (Å²) in [5.74, 6) is -0.579. The number of ether oxygens (including phenoxy) is 1. The van der Waals surface area contributed by atoms with Crippen molar-refractivity contribution in [3.63, 3.8) is 0 Å². The van der Waals surface area contributed by atoms with Gasteiger partial charge in [0.2, 0.25) is 0 Å². The molecule has 4 nitrogen and oxygen atoms in total. The number of carboxylic acid groups (broad SMARTS) is 1. The summed E-state index contributed by atoms with van der Waals surface area (Å²) < 4.78 is 5.84. The second-order valence-electron chi connectivity index (χ2n) is 6.14. The highest BCUT2D eigenvalue weighted by molar-refractivity contribution is 5.81. The Morgan fingerprint density at radius 2 is 1.76 bits per heavy atom. The van der Waals surface area contributed by atoms with Crippen LogP contribution >= 0.6 is 0 Å². The molecule has 0 aliphatic heterocycles. The van der Waals surface area contributed by atoms with Gasteiger partial charge in [0, 0.05) is 6.04 Å². The van der Waals surface area contributed by atoms with Gasteiger partial charge in [-0.05, 0) is 32.3 Å². The van der Waals surface area contributed by atoms with Crippen LogP contribution in [0, 0.1) is 5.92 Å². The SMILES string of the molecule is CC(C)NC(COC(C)C(C)C)(C(=O)O)c1ccccc1. The van der Waals surface area contributed by atoms with E-state index in [1.807, 2.05) is 51.1 Å². The Kier molecular flexibility index (Phi) is 6.37. The Labute approximate surface area is 127 Å². The molecule has 0 aliphatic carbocycles. The topological polar surface area (TPSA) is 58.6 Å². The standard InChI is InChI=1S/C17H27NO3/c1-12(2)14(5)21-11-17(16(19)20,18-13(3)4)15-9-7-6-8-10-15/h6-10,12-14,18H,11H2,1-5H3,(H,19,20). The number of hydrogen-bond acceptors (Lipinski definition) is 3. The first kappa shape index (κ1) is 17.7. The Morgan fingerprint density at radius 3 is 2.19 bits per heavy atom. The van der Waals surface area contributed by atoms with Crippen LogP contribution in [-0.4, -0.2) is 29.8 Å². The fourth-order valence-electron chi connectivity index (χ4n) is 2.12. The summed E-state index contributed by atoms with van der Waals surface area (Å²) in [7, 11) is 0. The van der Waals surface area contributed by atoms with Gasteiger partial charge in [0.15, 0.2) is 5.54 Å². The van der Waals surface area contributed by atoms with Gasteiger partial charge in [-0.25, -0.2) is 4.79 Å². The Balaban J connectivity index is 3.11. The molecule has 1 aromatic rings. The van der Waals surface area contributed by atoms with Crippen molar-refractivity contribution >= 4 is 5.97 Å². The normalized spacial score (nSPS) is 16.0. The van der Waals surface area contributed by atoms with Gasteiger partial charge in [-0.15, -0.1) is 0 Å². The molecule has 0 aliphatic rings. The molecule has 118 valence electrons. The van der Waals surface area contributed by atoms with Crippen LogP contribution in [0.5, 0.6) is 0 Å². The van der Waals surface area contributed by atoms with Crippen LogP contribution in [0.1, 0.15) is 40.2 Å². The molecule has 0 aromatic heterocycles. The first-order chi connectivity index (χ1) is 9.79. The maximum Gasteiger partial charge on any atom is 0.331 e. The molecule has 0 heterocycles. The smallest absolute Gasteiger partial charge is 0.331 e. The summed E-state index contributed by atoms with van der Waals surface area (Å²) in [6.07, 6.45) is 0.00130. The van der Waals surface area contributed by atoms with E-state index in [0.717, 1.165) is 0 Å². The average molecular weight is 293 g/mol. The zero-order valence-corrected chi connectivity index (χ0v) is 13.6. The first-order valence-electron chi connectivity index (χ1n) is 7.48. The molecule has 1 aromatic carbocycles. The van der Waals surface area contributed by atoms with Crippen molar-refractivity contribution in [3.05, 3.63) is 35.9 Å². The van der Waals surface area contributed by atoms with Crippen LogP contribution in [0.4, 0.5) is 0 Å². The number of rotatable bonds is 8. The largest absolute Gasteiger partial charge is 0.480 e. The summed E-state index contributed by atoms with van der Waals surface area (Å²) in [6, 6.07) is 9.25. The van der Waals surface area contributed by atoms with Crippen LogP contribution in [0.2, 0.25) is 0 Å². The maximum absolute atomic E-state index is 12.0. The lowest BCUT2D eigenvalue weighted by Crippen LogP contribution is -2.55. The molecule has 0 saturated carbocycles. The van der Waals surface area contributed by atoms with Crippen LogP contribution in [0.3, 0.4) is 0 Å². The van der Waals surface area contributed by atoms with Crippen molar-refractivity contribution in [1.82, 2.24) is 5.32 Å². The fraction of sp³-hybridized carbons (Fsp3) is 0.588. The van der Waals surface area contributed by atoms with Crippen molar-refractivity contribution < 1.29 is 14.6 Å². The lowest BCUT2D eigenvalue weighted by molar-refractivity contribution is -0.150. The van der Waals surface area contributed by atoms with E-state index in [1.54, 1.807) is 0 Å². The third-order valence-corrected chi connectivity index (χ3v) is 3.67. The molecule has 0 fully saturated rings. The van der Waals surface area contributed by atoms with Gasteiger partial charge in [0.05, 0.1) is 12.7 Å². The lowest BCUT2D eigenvalue weighted by atomic mass is 9.89. The minimum atomic E-state index is -1.22. The third-order valence-electron chi connectivity index (χ3n) is 3.67. The molecule has 2 N–H and O–H groups in total. The van der Waals surface area contributed by atoms with E-state index in [9.17, 15) is 9.90 Å². The molecule has 0 bridgehead atoms. The van der Waals surface area contributed by atoms with E-state index in [0.29, 0.717) is 11.5 Å². The van der Waals surface area contributed by atoms with Gasteiger partial charge in [0.25, 0.3) is 0 Å². The molecule has 21 heavy (non-hydrogen) atoms. The van der Waals surface area contributed by atoms with Crippen molar-refractivity contribution in [2.75, 3.05) is 6.61 Å². The lowest BCUT2D eigenvalue weighted by Gasteiger charge is -2.34. The summed E-state index contributed by atoms with van der Waals surface area (Å²) in [4.78, 5) is 12.0. The minimum Gasteiger partial charge on any atom is -0.480 e. The minimum absolute atomic E-state index is 0.00130. The molecule has 1 rings (SSSR count). The number of carboxylic acids is 1. The highest BCUT2D eigenvalue weighted by Crippen LogP contribution is 2.24. The van der Waals surface area contributed by atoms with Crippen LogP contribution in [-0.2, 0) is 15.1 Å². The predicted octanol–water partition coefficient (Wildman–Crippen LogP) is 3.03. The van der Waals surface area contributed by atoms with Crippen molar-refractivity contribution in [2.45, 2.75) is 52.3 Å². The van der Waals surface area contributed by atoms with Gasteiger partial charge < -0.3 is 9.84 Å². The molecule has 2 atom stereocenters. The highest BCUT2D eigenvalue weighted by atomic mass is 16.5. The quantitative estimate of drug-likeness (QED) is 0.773. The zero-order chi connectivity index (χ0) is 16.0. The Bertz CT molecular complexity index is 445. The van der Waals surface area contributed by atoms with E-state index in [1.165, 1.54) is 0 Å². The predicted molar refractivity (Wildman–Crippen MR) is 84.3 cm³/mol. The Hall–Kier alpha value is -1.39. The average Bonchev–Trinajstić information content (AvgIpc) is 2.43. The number of nitrogens with one attached hydrogen (secondary N) is 1. The van der Waals surface area contributed by atoms with Gasteiger partial charge in [0.1, 0.15) is 0 Å². The number of aliphatic carboxylic acids is 1. The molecule has 0 amide bonds. The van der Waals surface area contributed by atoms with E-state index in [4.69, 9.17) is 4.74 Å². The second-order valence-corrected chi connectivity index (χ2v) is 6.14. The van der Waals surface area contributed by atoms with Gasteiger partial charge in [-0.3, -0.25) is 5.32 Å². The summed E-state index contributed by atoms with van der Waals surface area (Å²) in [5.41, 5.74) is -0.513. The van der Waals surface area contributed by atoms with Crippen LogP contribution in [0.15, 0.2) is 30.3 Å². The van der Waals surface area contributed by atoms with Crippen molar-refractivity contribution in [1.29, 1.82) is 0 Å². The van der Waals surface area contributed by atoms with Crippen molar-refractivity contribution in [3.8, 4) is 0 Å². The summed E-state index contributed by atoms with van der Waals surface area (Å²) in [6.45, 7) is 10.1. The monoisotopic (exact) mass is 293 g/mol. The third kappa shape index (κ3) is 4.55. The van der Waals surface area contributed by atoms with E-state index >= 15 is 0 Å². The fourth-order valence-corrected chi connectivity index (χ4v) is 2.12. The number of hydrogen-bond donors (Lipinski definition) is 2. The highest BCUT2D eigenvalue weighted by Gasteiger charge is 2.41. The molecule has 0 radical (unpaired) electrons. The van der Waals surface area contributed by atoms with Gasteiger partial charge in [-0.2, -0.15) is 0 Å². The van der Waals surface area contributed by atoms with Gasteiger partial charge in [-0.1, -0.05) is 44.2 Å². The maximum atomic E-state index is 12.0. The number of carbonyl (C=O) groups is 1. The molecular weight excluding hydrogens is 266 g/mol. The van der Waals surface area contributed by atoms with E-state index in [-0.39, 0.29) is 18.8 Å². The Morgan fingerprint density at radius 1 is 1.19 bits per heavy atom. The summed E-state index contributed by atoms with van der Waals surface area (Å²) >= 11 is 0. The molecule has 0 spiro atoms. The van der Waals surface area contributed by atoms with Gasteiger partial charge >= 0.3 is 5.97 Å². The molecule has 0 saturated heterocycles. The number of benzene rings is 1.